The largest absolute Gasteiger partial charge is 0.507 e. The van der Waals surface area contributed by atoms with Gasteiger partial charge in [-0.2, -0.15) is 0 Å². The number of rotatable bonds is 3. The highest BCUT2D eigenvalue weighted by atomic mass is 79.9. The van der Waals surface area contributed by atoms with Gasteiger partial charge in [-0.25, -0.2) is 0 Å². The van der Waals surface area contributed by atoms with Crippen molar-refractivity contribution in [2.24, 2.45) is 5.92 Å². The lowest BCUT2D eigenvalue weighted by Crippen LogP contribution is -2.40. The van der Waals surface area contributed by atoms with Gasteiger partial charge < -0.3 is 15.2 Å². The second-order valence-electron chi connectivity index (χ2n) is 4.61. The molecular weight excluding hydrogens is 282 g/mol. The number of hydrogen-bond donors (Lipinski definition) is 2. The van der Waals surface area contributed by atoms with Crippen LogP contribution in [-0.4, -0.2) is 24.4 Å². The summed E-state index contributed by atoms with van der Waals surface area (Å²) in [6, 6.07) is 6.13. The molecule has 0 bridgehead atoms. The quantitative estimate of drug-likeness (QED) is 0.902. The van der Waals surface area contributed by atoms with E-state index in [4.69, 9.17) is 4.74 Å². The van der Waals surface area contributed by atoms with Gasteiger partial charge in [0.1, 0.15) is 5.75 Å². The van der Waals surface area contributed by atoms with Crippen molar-refractivity contribution in [3.8, 4) is 5.75 Å². The topological polar surface area (TPSA) is 41.5 Å². The highest BCUT2D eigenvalue weighted by molar-refractivity contribution is 9.10. The number of ether oxygens (including phenoxy) is 1. The number of halogens is 1. The van der Waals surface area contributed by atoms with Gasteiger partial charge >= 0.3 is 0 Å². The summed E-state index contributed by atoms with van der Waals surface area (Å²) in [5.41, 5.74) is 1.17. The minimum atomic E-state index is 0.285. The average Bonchev–Trinajstić information content (AvgIpc) is 2.32. The summed E-state index contributed by atoms with van der Waals surface area (Å²) in [7, 11) is 0. The lowest BCUT2D eigenvalue weighted by molar-refractivity contribution is 0.0386. The molecule has 0 spiro atoms. The van der Waals surface area contributed by atoms with Crippen LogP contribution in [0.5, 0.6) is 5.75 Å². The molecule has 0 aromatic heterocycles. The Labute approximate surface area is 110 Å². The van der Waals surface area contributed by atoms with E-state index in [1.807, 2.05) is 12.1 Å². The molecule has 1 aromatic rings. The molecule has 2 rings (SSSR count). The van der Waals surface area contributed by atoms with Crippen LogP contribution in [-0.2, 0) is 11.3 Å². The van der Waals surface area contributed by atoms with Crippen LogP contribution in [0.1, 0.15) is 18.9 Å². The number of phenols is 1. The minimum Gasteiger partial charge on any atom is -0.507 e. The molecule has 1 fully saturated rings. The Bertz CT molecular complexity index is 384. The minimum absolute atomic E-state index is 0.285. The Hall–Kier alpha value is -0.580. The third kappa shape index (κ3) is 3.44. The van der Waals surface area contributed by atoms with E-state index in [0.717, 1.165) is 30.7 Å². The highest BCUT2D eigenvalue weighted by Crippen LogP contribution is 2.24. The van der Waals surface area contributed by atoms with Crippen LogP contribution in [0.3, 0.4) is 0 Å². The summed E-state index contributed by atoms with van der Waals surface area (Å²) in [5, 5.41) is 13.0. The first-order chi connectivity index (χ1) is 8.16. The molecule has 1 heterocycles. The van der Waals surface area contributed by atoms with Crippen LogP contribution in [0.2, 0.25) is 0 Å². The monoisotopic (exact) mass is 299 g/mol. The summed E-state index contributed by atoms with van der Waals surface area (Å²) in [6.45, 7) is 4.73. The average molecular weight is 300 g/mol. The first-order valence-corrected chi connectivity index (χ1v) is 6.74. The molecular formula is C13H18BrNO2. The van der Waals surface area contributed by atoms with Crippen molar-refractivity contribution in [1.29, 1.82) is 0 Å². The van der Waals surface area contributed by atoms with Crippen molar-refractivity contribution in [3.05, 3.63) is 28.2 Å². The molecule has 4 heteroatoms. The lowest BCUT2D eigenvalue weighted by atomic mass is 9.97. The SMILES string of the molecule is CC1COCCC1NCc1ccc(O)c(Br)c1. The molecule has 2 N–H and O–H groups in total. The lowest BCUT2D eigenvalue weighted by Gasteiger charge is -2.29. The summed E-state index contributed by atoms with van der Waals surface area (Å²) in [5.74, 6) is 0.845. The first-order valence-electron chi connectivity index (χ1n) is 5.95. The van der Waals surface area contributed by atoms with Crippen molar-refractivity contribution in [2.75, 3.05) is 13.2 Å². The summed E-state index contributed by atoms with van der Waals surface area (Å²) in [4.78, 5) is 0. The van der Waals surface area contributed by atoms with E-state index >= 15 is 0 Å². The van der Waals surface area contributed by atoms with Crippen molar-refractivity contribution in [3.63, 3.8) is 0 Å². The van der Waals surface area contributed by atoms with Gasteiger partial charge in [0.15, 0.2) is 0 Å². The second-order valence-corrected chi connectivity index (χ2v) is 5.47. The Balaban J connectivity index is 1.90. The molecule has 2 atom stereocenters. The maximum atomic E-state index is 9.42. The normalized spacial score (nSPS) is 24.8. The van der Waals surface area contributed by atoms with Gasteiger partial charge in [0, 0.05) is 19.2 Å². The third-order valence-corrected chi connectivity index (χ3v) is 3.86. The van der Waals surface area contributed by atoms with E-state index < -0.39 is 0 Å². The number of benzene rings is 1. The van der Waals surface area contributed by atoms with E-state index in [2.05, 4.69) is 28.2 Å². The molecule has 0 aliphatic carbocycles. The molecule has 1 saturated heterocycles. The maximum Gasteiger partial charge on any atom is 0.129 e. The smallest absolute Gasteiger partial charge is 0.129 e. The predicted molar refractivity (Wildman–Crippen MR) is 71.0 cm³/mol. The Morgan fingerprint density at radius 2 is 2.35 bits per heavy atom. The van der Waals surface area contributed by atoms with E-state index in [1.54, 1.807) is 6.07 Å². The van der Waals surface area contributed by atoms with Crippen molar-refractivity contribution < 1.29 is 9.84 Å². The molecule has 3 nitrogen and oxygen atoms in total. The van der Waals surface area contributed by atoms with E-state index in [0.29, 0.717) is 12.0 Å². The van der Waals surface area contributed by atoms with Gasteiger partial charge in [-0.1, -0.05) is 13.0 Å². The standard InChI is InChI=1S/C13H18BrNO2/c1-9-8-17-5-4-12(9)15-7-10-2-3-13(16)11(14)6-10/h2-3,6,9,12,15-16H,4-5,7-8H2,1H3. The van der Waals surface area contributed by atoms with Gasteiger partial charge in [-0.15, -0.1) is 0 Å². The van der Waals surface area contributed by atoms with Crippen molar-refractivity contribution in [1.82, 2.24) is 5.32 Å². The second kappa shape index (κ2) is 5.85. The van der Waals surface area contributed by atoms with Crippen LogP contribution < -0.4 is 5.32 Å². The van der Waals surface area contributed by atoms with Crippen molar-refractivity contribution in [2.45, 2.75) is 25.9 Å². The molecule has 0 radical (unpaired) electrons. The summed E-state index contributed by atoms with van der Waals surface area (Å²) < 4.78 is 6.17. The van der Waals surface area contributed by atoms with Crippen LogP contribution >= 0.6 is 15.9 Å². The van der Waals surface area contributed by atoms with E-state index in [9.17, 15) is 5.11 Å². The summed E-state index contributed by atoms with van der Waals surface area (Å²) >= 11 is 3.33. The molecule has 17 heavy (non-hydrogen) atoms. The van der Waals surface area contributed by atoms with Gasteiger partial charge in [0.25, 0.3) is 0 Å². The Morgan fingerprint density at radius 1 is 1.53 bits per heavy atom. The number of nitrogens with one attached hydrogen (secondary N) is 1. The van der Waals surface area contributed by atoms with Gasteiger partial charge in [0.05, 0.1) is 11.1 Å². The molecule has 1 aromatic carbocycles. The number of hydrogen-bond acceptors (Lipinski definition) is 3. The number of aromatic hydroxyl groups is 1. The zero-order valence-electron chi connectivity index (χ0n) is 9.95. The molecule has 2 unspecified atom stereocenters. The van der Waals surface area contributed by atoms with Crippen LogP contribution in [0.25, 0.3) is 0 Å². The Morgan fingerprint density at radius 3 is 3.06 bits per heavy atom. The third-order valence-electron chi connectivity index (χ3n) is 3.22. The van der Waals surface area contributed by atoms with Crippen LogP contribution in [0.15, 0.2) is 22.7 Å². The fourth-order valence-electron chi connectivity index (χ4n) is 2.09. The molecule has 0 saturated carbocycles. The van der Waals surface area contributed by atoms with Gasteiger partial charge in [-0.05, 0) is 46.0 Å². The molecule has 94 valence electrons. The maximum absolute atomic E-state index is 9.42. The predicted octanol–water partition coefficient (Wildman–Crippen LogP) is 2.67. The molecule has 0 amide bonds. The van der Waals surface area contributed by atoms with E-state index in [-0.39, 0.29) is 5.75 Å². The fraction of sp³-hybridized carbons (Fsp3) is 0.538. The molecule has 1 aliphatic heterocycles. The van der Waals surface area contributed by atoms with Gasteiger partial charge in [0.2, 0.25) is 0 Å². The summed E-state index contributed by atoms with van der Waals surface area (Å²) in [6.07, 6.45) is 1.07. The zero-order chi connectivity index (χ0) is 12.3. The first kappa shape index (κ1) is 12.9. The zero-order valence-corrected chi connectivity index (χ0v) is 11.5. The fourth-order valence-corrected chi connectivity index (χ4v) is 2.52. The highest BCUT2D eigenvalue weighted by Gasteiger charge is 2.20. The molecule has 1 aliphatic rings. The van der Waals surface area contributed by atoms with E-state index in [1.165, 1.54) is 5.56 Å². The number of phenolic OH excluding ortho intramolecular Hbond substituents is 1. The Kier molecular flexibility index (Phi) is 4.42. The van der Waals surface area contributed by atoms with Crippen LogP contribution in [0.4, 0.5) is 0 Å². The van der Waals surface area contributed by atoms with Crippen LogP contribution in [0, 0.1) is 5.92 Å². The van der Waals surface area contributed by atoms with Gasteiger partial charge in [-0.3, -0.25) is 0 Å². The van der Waals surface area contributed by atoms with Crippen molar-refractivity contribution >= 4 is 15.9 Å².